The van der Waals surface area contributed by atoms with Crippen molar-refractivity contribution in [2.24, 2.45) is 5.92 Å². The van der Waals surface area contributed by atoms with E-state index >= 15 is 0 Å². The van der Waals surface area contributed by atoms with Gasteiger partial charge in [-0.15, -0.1) is 0 Å². The Bertz CT molecular complexity index is 437. The van der Waals surface area contributed by atoms with E-state index < -0.39 is 0 Å². The predicted molar refractivity (Wildman–Crippen MR) is 78.3 cm³/mol. The maximum absolute atomic E-state index is 11.8. The SMILES string of the molecule is CCC(C(=O)OC)C(NC)c1ccc(OC)c(Br)c1. The summed E-state index contributed by atoms with van der Waals surface area (Å²) in [6, 6.07) is 5.72. The van der Waals surface area contributed by atoms with Crippen LogP contribution in [0.2, 0.25) is 0 Å². The molecule has 0 fully saturated rings. The first-order valence-corrected chi connectivity index (χ1v) is 6.96. The summed E-state index contributed by atoms with van der Waals surface area (Å²) < 4.78 is 10.9. The molecule has 0 amide bonds. The van der Waals surface area contributed by atoms with Gasteiger partial charge in [-0.2, -0.15) is 0 Å². The monoisotopic (exact) mass is 329 g/mol. The van der Waals surface area contributed by atoms with Crippen LogP contribution in [0.3, 0.4) is 0 Å². The number of hydrogen-bond donors (Lipinski definition) is 1. The van der Waals surface area contributed by atoms with Crippen LogP contribution in [0.5, 0.6) is 5.75 Å². The highest BCUT2D eigenvalue weighted by atomic mass is 79.9. The molecule has 0 aliphatic heterocycles. The van der Waals surface area contributed by atoms with Gasteiger partial charge in [0.2, 0.25) is 0 Å². The standard InChI is InChI=1S/C14H20BrNO3/c1-5-10(14(17)19-4)13(16-2)9-6-7-12(18-3)11(15)8-9/h6-8,10,13,16H,5H2,1-4H3. The summed E-state index contributed by atoms with van der Waals surface area (Å²) in [5.41, 5.74) is 1.02. The summed E-state index contributed by atoms with van der Waals surface area (Å²) in [5.74, 6) is 0.355. The average Bonchev–Trinajstić information content (AvgIpc) is 2.43. The number of halogens is 1. The van der Waals surface area contributed by atoms with E-state index in [0.29, 0.717) is 6.42 Å². The number of nitrogens with one attached hydrogen (secondary N) is 1. The normalized spacial score (nSPS) is 13.7. The van der Waals surface area contributed by atoms with Crippen molar-refractivity contribution in [1.29, 1.82) is 0 Å². The Balaban J connectivity index is 3.08. The zero-order valence-corrected chi connectivity index (χ0v) is 13.3. The van der Waals surface area contributed by atoms with Crippen molar-refractivity contribution in [2.45, 2.75) is 19.4 Å². The molecule has 0 spiro atoms. The zero-order chi connectivity index (χ0) is 14.4. The number of ether oxygens (including phenoxy) is 2. The first-order valence-electron chi connectivity index (χ1n) is 6.17. The molecule has 0 saturated carbocycles. The van der Waals surface area contributed by atoms with E-state index in [1.165, 1.54) is 7.11 Å². The Labute approximate surface area is 122 Å². The Morgan fingerprint density at radius 2 is 2.11 bits per heavy atom. The van der Waals surface area contributed by atoms with Crippen molar-refractivity contribution < 1.29 is 14.3 Å². The molecule has 0 aliphatic carbocycles. The summed E-state index contributed by atoms with van der Waals surface area (Å²) in [4.78, 5) is 11.8. The number of benzene rings is 1. The van der Waals surface area contributed by atoms with E-state index in [0.717, 1.165) is 15.8 Å². The molecule has 0 aromatic heterocycles. The second-order valence-corrected chi connectivity index (χ2v) is 5.05. The van der Waals surface area contributed by atoms with E-state index in [4.69, 9.17) is 9.47 Å². The highest BCUT2D eigenvalue weighted by molar-refractivity contribution is 9.10. The number of methoxy groups -OCH3 is 2. The van der Waals surface area contributed by atoms with E-state index in [2.05, 4.69) is 21.2 Å². The molecule has 106 valence electrons. The third-order valence-corrected chi connectivity index (χ3v) is 3.81. The van der Waals surface area contributed by atoms with Gasteiger partial charge in [-0.05, 0) is 47.1 Å². The van der Waals surface area contributed by atoms with Crippen LogP contribution in [0.1, 0.15) is 24.9 Å². The molecular formula is C14H20BrNO3. The first kappa shape index (κ1) is 16.0. The average molecular weight is 330 g/mol. The maximum Gasteiger partial charge on any atom is 0.310 e. The molecule has 1 aromatic carbocycles. The molecule has 0 saturated heterocycles. The Morgan fingerprint density at radius 1 is 1.42 bits per heavy atom. The second kappa shape index (κ2) is 7.50. The fraction of sp³-hybridized carbons (Fsp3) is 0.500. The molecule has 2 atom stereocenters. The smallest absolute Gasteiger partial charge is 0.310 e. The van der Waals surface area contributed by atoms with Crippen molar-refractivity contribution in [3.8, 4) is 5.75 Å². The number of rotatable bonds is 6. The molecule has 2 unspecified atom stereocenters. The lowest BCUT2D eigenvalue weighted by atomic mass is 9.91. The Hall–Kier alpha value is -1.07. The lowest BCUT2D eigenvalue weighted by Gasteiger charge is -2.24. The summed E-state index contributed by atoms with van der Waals surface area (Å²) in [5, 5.41) is 3.19. The molecule has 19 heavy (non-hydrogen) atoms. The third kappa shape index (κ3) is 3.70. The van der Waals surface area contributed by atoms with Crippen LogP contribution in [0, 0.1) is 5.92 Å². The van der Waals surface area contributed by atoms with Gasteiger partial charge in [-0.25, -0.2) is 0 Å². The van der Waals surface area contributed by atoms with Crippen LogP contribution >= 0.6 is 15.9 Å². The van der Waals surface area contributed by atoms with Crippen LogP contribution < -0.4 is 10.1 Å². The molecule has 0 radical (unpaired) electrons. The van der Waals surface area contributed by atoms with Crippen molar-refractivity contribution in [2.75, 3.05) is 21.3 Å². The minimum Gasteiger partial charge on any atom is -0.496 e. The van der Waals surface area contributed by atoms with Gasteiger partial charge in [0.1, 0.15) is 5.75 Å². The van der Waals surface area contributed by atoms with Crippen molar-refractivity contribution in [3.63, 3.8) is 0 Å². The molecule has 1 N–H and O–H groups in total. The van der Waals surface area contributed by atoms with Gasteiger partial charge in [0.25, 0.3) is 0 Å². The van der Waals surface area contributed by atoms with Crippen LogP contribution in [0.25, 0.3) is 0 Å². The van der Waals surface area contributed by atoms with Gasteiger partial charge in [0.15, 0.2) is 0 Å². The van der Waals surface area contributed by atoms with Gasteiger partial charge >= 0.3 is 5.97 Å². The van der Waals surface area contributed by atoms with Crippen molar-refractivity contribution in [3.05, 3.63) is 28.2 Å². The minimum absolute atomic E-state index is 0.0837. The van der Waals surface area contributed by atoms with Gasteiger partial charge in [0, 0.05) is 6.04 Å². The predicted octanol–water partition coefficient (Wildman–Crippen LogP) is 2.92. The van der Waals surface area contributed by atoms with Crippen molar-refractivity contribution in [1.82, 2.24) is 5.32 Å². The fourth-order valence-electron chi connectivity index (χ4n) is 2.17. The summed E-state index contributed by atoms with van der Waals surface area (Å²) in [6.45, 7) is 1.98. The summed E-state index contributed by atoms with van der Waals surface area (Å²) in [6.07, 6.45) is 0.710. The highest BCUT2D eigenvalue weighted by Gasteiger charge is 2.28. The van der Waals surface area contributed by atoms with E-state index in [1.54, 1.807) is 7.11 Å². The van der Waals surface area contributed by atoms with E-state index in [-0.39, 0.29) is 17.9 Å². The molecule has 0 heterocycles. The topological polar surface area (TPSA) is 47.6 Å². The molecule has 4 nitrogen and oxygen atoms in total. The lowest BCUT2D eigenvalue weighted by Crippen LogP contribution is -2.31. The summed E-state index contributed by atoms with van der Waals surface area (Å²) in [7, 11) is 4.88. The molecule has 1 aromatic rings. The second-order valence-electron chi connectivity index (χ2n) is 4.20. The fourth-order valence-corrected chi connectivity index (χ4v) is 2.72. The Morgan fingerprint density at radius 3 is 2.53 bits per heavy atom. The number of carbonyl (C=O) groups excluding carboxylic acids is 1. The van der Waals surface area contributed by atoms with Crippen LogP contribution in [-0.4, -0.2) is 27.2 Å². The van der Waals surface area contributed by atoms with E-state index in [9.17, 15) is 4.79 Å². The van der Waals surface area contributed by atoms with E-state index in [1.807, 2.05) is 32.2 Å². The quantitative estimate of drug-likeness (QED) is 0.815. The van der Waals surface area contributed by atoms with Gasteiger partial charge < -0.3 is 14.8 Å². The zero-order valence-electron chi connectivity index (χ0n) is 11.7. The first-order chi connectivity index (χ1) is 9.08. The molecule has 0 bridgehead atoms. The number of esters is 1. The molecule has 0 aliphatic rings. The summed E-state index contributed by atoms with van der Waals surface area (Å²) >= 11 is 3.46. The van der Waals surface area contributed by atoms with Crippen LogP contribution in [0.4, 0.5) is 0 Å². The van der Waals surface area contributed by atoms with Crippen molar-refractivity contribution >= 4 is 21.9 Å². The molecular weight excluding hydrogens is 310 g/mol. The van der Waals surface area contributed by atoms with Gasteiger partial charge in [-0.3, -0.25) is 4.79 Å². The van der Waals surface area contributed by atoms with Gasteiger partial charge in [-0.1, -0.05) is 13.0 Å². The minimum atomic E-state index is -0.213. The molecule has 5 heteroatoms. The van der Waals surface area contributed by atoms with Gasteiger partial charge in [0.05, 0.1) is 24.6 Å². The number of carbonyl (C=O) groups is 1. The highest BCUT2D eigenvalue weighted by Crippen LogP contribution is 2.32. The number of hydrogen-bond acceptors (Lipinski definition) is 4. The lowest BCUT2D eigenvalue weighted by molar-refractivity contribution is -0.146. The third-order valence-electron chi connectivity index (χ3n) is 3.19. The van der Waals surface area contributed by atoms with Crippen LogP contribution in [0.15, 0.2) is 22.7 Å². The Kier molecular flexibility index (Phi) is 6.31. The maximum atomic E-state index is 11.8. The van der Waals surface area contributed by atoms with Crippen LogP contribution in [-0.2, 0) is 9.53 Å². The molecule has 1 rings (SSSR count). The largest absolute Gasteiger partial charge is 0.496 e.